The molecule has 2 N–H and O–H groups in total. The van der Waals surface area contributed by atoms with E-state index in [4.69, 9.17) is 0 Å². The van der Waals surface area contributed by atoms with Gasteiger partial charge < -0.3 is 10.4 Å². The third-order valence-electron chi connectivity index (χ3n) is 4.02. The molecule has 132 valence electrons. The average Bonchev–Trinajstić information content (AvgIpc) is 3.01. The normalized spacial score (nSPS) is 11.4. The number of phenols is 1. The summed E-state index contributed by atoms with van der Waals surface area (Å²) >= 11 is 0. The molecule has 1 aromatic heterocycles. The monoisotopic (exact) mass is 348 g/mol. The first-order chi connectivity index (χ1) is 12.5. The SMILES string of the molecule is C/C(=C\c1c(-c2ccc(O)cc2)nnn1C)C(=O)NCc1ccccc1. The third-order valence-corrected chi connectivity index (χ3v) is 4.02. The maximum atomic E-state index is 12.4. The summed E-state index contributed by atoms with van der Waals surface area (Å²) in [6.45, 7) is 2.23. The van der Waals surface area contributed by atoms with Crippen molar-refractivity contribution in [3.63, 3.8) is 0 Å². The van der Waals surface area contributed by atoms with Crippen LogP contribution >= 0.6 is 0 Å². The molecule has 3 aromatic rings. The van der Waals surface area contributed by atoms with Crippen LogP contribution in [0.5, 0.6) is 5.75 Å². The molecule has 0 aliphatic carbocycles. The highest BCUT2D eigenvalue weighted by Crippen LogP contribution is 2.24. The van der Waals surface area contributed by atoms with Gasteiger partial charge in [0.25, 0.3) is 0 Å². The lowest BCUT2D eigenvalue weighted by atomic mass is 10.1. The number of hydrogen-bond donors (Lipinski definition) is 2. The summed E-state index contributed by atoms with van der Waals surface area (Å²) in [6.07, 6.45) is 1.77. The molecule has 26 heavy (non-hydrogen) atoms. The van der Waals surface area contributed by atoms with Gasteiger partial charge in [-0.3, -0.25) is 4.79 Å². The number of nitrogens with zero attached hydrogens (tertiary/aromatic N) is 3. The molecule has 3 rings (SSSR count). The van der Waals surface area contributed by atoms with Gasteiger partial charge in [-0.05, 0) is 42.8 Å². The van der Waals surface area contributed by atoms with Gasteiger partial charge in [-0.2, -0.15) is 0 Å². The Bertz CT molecular complexity index is 928. The van der Waals surface area contributed by atoms with Gasteiger partial charge >= 0.3 is 0 Å². The molecule has 1 heterocycles. The molecule has 0 saturated heterocycles. The number of nitrogens with one attached hydrogen (secondary N) is 1. The second kappa shape index (κ2) is 7.65. The number of hydrogen-bond acceptors (Lipinski definition) is 4. The van der Waals surface area contributed by atoms with Crippen molar-refractivity contribution in [3.8, 4) is 17.0 Å². The standard InChI is InChI=1S/C20H20N4O2/c1-14(20(26)21-13-15-6-4-3-5-7-15)12-18-19(22-23-24(18)2)16-8-10-17(25)11-9-16/h3-12,25H,13H2,1-2H3,(H,21,26)/b14-12+. The second-order valence-electron chi connectivity index (χ2n) is 5.99. The number of carbonyl (C=O) groups is 1. The first kappa shape index (κ1) is 17.4. The van der Waals surface area contributed by atoms with Gasteiger partial charge in [-0.25, -0.2) is 4.68 Å². The molecule has 0 saturated carbocycles. The molecule has 0 bridgehead atoms. The molecule has 0 aliphatic rings. The molecular weight excluding hydrogens is 328 g/mol. The van der Waals surface area contributed by atoms with Crippen molar-refractivity contribution >= 4 is 12.0 Å². The minimum absolute atomic E-state index is 0.147. The molecular formula is C20H20N4O2. The van der Waals surface area contributed by atoms with Gasteiger partial charge in [0, 0.05) is 24.7 Å². The van der Waals surface area contributed by atoms with E-state index in [1.807, 2.05) is 30.3 Å². The lowest BCUT2D eigenvalue weighted by Crippen LogP contribution is -2.23. The molecule has 0 spiro atoms. The van der Waals surface area contributed by atoms with Gasteiger partial charge in [0.05, 0.1) is 5.69 Å². The lowest BCUT2D eigenvalue weighted by molar-refractivity contribution is -0.117. The van der Waals surface area contributed by atoms with Crippen LogP contribution in [0.3, 0.4) is 0 Å². The van der Waals surface area contributed by atoms with E-state index in [1.165, 1.54) is 0 Å². The molecule has 2 aromatic carbocycles. The van der Waals surface area contributed by atoms with Crippen LogP contribution in [0, 0.1) is 0 Å². The van der Waals surface area contributed by atoms with Crippen molar-refractivity contribution in [1.82, 2.24) is 20.3 Å². The van der Waals surface area contributed by atoms with Crippen LogP contribution in [0.25, 0.3) is 17.3 Å². The van der Waals surface area contributed by atoms with E-state index < -0.39 is 0 Å². The van der Waals surface area contributed by atoms with E-state index in [9.17, 15) is 9.90 Å². The van der Waals surface area contributed by atoms with Crippen LogP contribution in [0.1, 0.15) is 18.2 Å². The van der Waals surface area contributed by atoms with Crippen LogP contribution in [0.4, 0.5) is 0 Å². The molecule has 0 unspecified atom stereocenters. The van der Waals surface area contributed by atoms with Crippen molar-refractivity contribution in [2.24, 2.45) is 7.05 Å². The van der Waals surface area contributed by atoms with Gasteiger partial charge in [0.15, 0.2) is 0 Å². The largest absolute Gasteiger partial charge is 0.508 e. The summed E-state index contributed by atoms with van der Waals surface area (Å²) in [7, 11) is 1.78. The Morgan fingerprint density at radius 3 is 2.54 bits per heavy atom. The molecule has 6 heteroatoms. The molecule has 0 atom stereocenters. The first-order valence-electron chi connectivity index (χ1n) is 8.24. The fourth-order valence-electron chi connectivity index (χ4n) is 2.54. The molecule has 1 amide bonds. The summed E-state index contributed by atoms with van der Waals surface area (Å²) in [5, 5.41) is 20.6. The zero-order valence-corrected chi connectivity index (χ0v) is 14.7. The van der Waals surface area contributed by atoms with Crippen molar-refractivity contribution in [2.75, 3.05) is 0 Å². The van der Waals surface area contributed by atoms with Gasteiger partial charge in [0.2, 0.25) is 5.91 Å². The Labute approximate surface area is 151 Å². The predicted octanol–water partition coefficient (Wildman–Crippen LogP) is 2.91. The highest BCUT2D eigenvalue weighted by Gasteiger charge is 2.13. The fourth-order valence-corrected chi connectivity index (χ4v) is 2.54. The van der Waals surface area contributed by atoms with E-state index in [2.05, 4.69) is 15.6 Å². The van der Waals surface area contributed by atoms with Crippen LogP contribution in [-0.4, -0.2) is 26.0 Å². The number of carbonyl (C=O) groups excluding carboxylic acids is 1. The molecule has 0 fully saturated rings. The Kier molecular flexibility index (Phi) is 5.12. The van der Waals surface area contributed by atoms with Crippen LogP contribution in [0.15, 0.2) is 60.2 Å². The van der Waals surface area contributed by atoms with Crippen molar-refractivity contribution in [2.45, 2.75) is 13.5 Å². The van der Waals surface area contributed by atoms with Crippen LogP contribution < -0.4 is 5.32 Å². The Morgan fingerprint density at radius 2 is 1.85 bits per heavy atom. The molecule has 0 aliphatic heterocycles. The predicted molar refractivity (Wildman–Crippen MR) is 100 cm³/mol. The van der Waals surface area contributed by atoms with E-state index in [0.29, 0.717) is 17.8 Å². The Hall–Kier alpha value is -3.41. The summed E-state index contributed by atoms with van der Waals surface area (Å²) in [4.78, 5) is 12.4. The average molecular weight is 348 g/mol. The van der Waals surface area contributed by atoms with Gasteiger partial charge in [-0.15, -0.1) is 5.10 Å². The number of phenolic OH excluding ortho intramolecular Hbond substituents is 1. The van der Waals surface area contributed by atoms with Gasteiger partial charge in [0.1, 0.15) is 11.4 Å². The smallest absolute Gasteiger partial charge is 0.247 e. The first-order valence-corrected chi connectivity index (χ1v) is 8.24. The van der Waals surface area contributed by atoms with Gasteiger partial charge in [-0.1, -0.05) is 35.5 Å². The van der Waals surface area contributed by atoms with Crippen LogP contribution in [-0.2, 0) is 18.4 Å². The number of aromatic nitrogens is 3. The highest BCUT2D eigenvalue weighted by atomic mass is 16.3. The zero-order chi connectivity index (χ0) is 18.5. The minimum atomic E-state index is -0.147. The maximum absolute atomic E-state index is 12.4. The topological polar surface area (TPSA) is 80.0 Å². The zero-order valence-electron chi connectivity index (χ0n) is 14.7. The second-order valence-corrected chi connectivity index (χ2v) is 5.99. The summed E-state index contributed by atoms with van der Waals surface area (Å²) in [6, 6.07) is 16.5. The van der Waals surface area contributed by atoms with Crippen molar-refractivity contribution in [1.29, 1.82) is 0 Å². The Morgan fingerprint density at radius 1 is 1.15 bits per heavy atom. The molecule has 0 radical (unpaired) electrons. The molecule has 6 nitrogen and oxygen atoms in total. The highest BCUT2D eigenvalue weighted by molar-refractivity contribution is 5.97. The number of rotatable bonds is 5. The van der Waals surface area contributed by atoms with E-state index in [1.54, 1.807) is 49.0 Å². The fraction of sp³-hybridized carbons (Fsp3) is 0.150. The van der Waals surface area contributed by atoms with E-state index >= 15 is 0 Å². The van der Waals surface area contributed by atoms with Crippen LogP contribution in [0.2, 0.25) is 0 Å². The van der Waals surface area contributed by atoms with E-state index in [-0.39, 0.29) is 11.7 Å². The quantitative estimate of drug-likeness (QED) is 0.695. The summed E-state index contributed by atoms with van der Waals surface area (Å²) in [5.41, 5.74) is 3.80. The number of aromatic hydroxyl groups is 1. The lowest BCUT2D eigenvalue weighted by Gasteiger charge is -2.06. The van der Waals surface area contributed by atoms with Crippen molar-refractivity contribution < 1.29 is 9.90 Å². The maximum Gasteiger partial charge on any atom is 0.247 e. The minimum Gasteiger partial charge on any atom is -0.508 e. The summed E-state index contributed by atoms with van der Waals surface area (Å²) in [5.74, 6) is 0.0397. The van der Waals surface area contributed by atoms with Crippen molar-refractivity contribution in [3.05, 3.63) is 71.4 Å². The van der Waals surface area contributed by atoms with E-state index in [0.717, 1.165) is 16.8 Å². The number of benzene rings is 2. The Balaban J connectivity index is 1.79. The number of amides is 1. The number of aryl methyl sites for hydroxylation is 1. The third kappa shape index (κ3) is 3.97. The summed E-state index contributed by atoms with van der Waals surface area (Å²) < 4.78 is 1.62.